The molecule has 0 aliphatic carbocycles. The van der Waals surface area contributed by atoms with Gasteiger partial charge in [0.2, 0.25) is 0 Å². The van der Waals surface area contributed by atoms with E-state index >= 15 is 0 Å². The molecule has 6 heteroatoms. The summed E-state index contributed by atoms with van der Waals surface area (Å²) in [5.74, 6) is 0.209. The number of urea groups is 1. The van der Waals surface area contributed by atoms with E-state index in [4.69, 9.17) is 9.15 Å². The van der Waals surface area contributed by atoms with Crippen LogP contribution in [-0.2, 0) is 4.74 Å². The molecule has 6 nitrogen and oxygen atoms in total. The summed E-state index contributed by atoms with van der Waals surface area (Å²) >= 11 is 0. The number of nitrogens with one attached hydrogen (secondary N) is 1. The first kappa shape index (κ1) is 25.8. The topological polar surface area (TPSA) is 58.0 Å². The van der Waals surface area contributed by atoms with E-state index < -0.39 is 0 Å². The molecule has 3 aromatic carbocycles. The SMILES string of the molecule is O=C(Nc1cccc(-c2ccoc2)c1)N(CCC(c1ccccc1)c1ccccc1)CCN1CCOCC1. The van der Waals surface area contributed by atoms with Crippen LogP contribution in [0.1, 0.15) is 23.5 Å². The molecule has 0 saturated carbocycles. The van der Waals surface area contributed by atoms with E-state index in [-0.39, 0.29) is 11.9 Å². The van der Waals surface area contributed by atoms with E-state index in [1.54, 1.807) is 12.5 Å². The van der Waals surface area contributed by atoms with Gasteiger partial charge in [0, 0.05) is 49.9 Å². The van der Waals surface area contributed by atoms with Gasteiger partial charge >= 0.3 is 6.03 Å². The first-order valence-electron chi connectivity index (χ1n) is 13.3. The van der Waals surface area contributed by atoms with Crippen molar-refractivity contribution in [3.05, 3.63) is 115 Å². The molecular weight excluding hydrogens is 474 g/mol. The molecule has 2 amide bonds. The molecule has 0 bridgehead atoms. The van der Waals surface area contributed by atoms with Crippen LogP contribution in [0.5, 0.6) is 0 Å². The highest BCUT2D eigenvalue weighted by Gasteiger charge is 2.21. The van der Waals surface area contributed by atoms with Crippen molar-refractivity contribution in [3.8, 4) is 11.1 Å². The standard InChI is InChI=1S/C32H35N3O3/c36-32(33-30-13-7-12-28(24-30)29-15-21-38-25-29)35(18-17-34-19-22-37-23-20-34)16-14-31(26-8-3-1-4-9-26)27-10-5-2-6-11-27/h1-13,15,21,24-25,31H,14,16-20,22-23H2,(H,33,36). The third-order valence-corrected chi connectivity index (χ3v) is 7.14. The first-order chi connectivity index (χ1) is 18.8. The highest BCUT2D eigenvalue weighted by atomic mass is 16.5. The Labute approximate surface area is 224 Å². The maximum absolute atomic E-state index is 13.6. The van der Waals surface area contributed by atoms with Crippen molar-refractivity contribution < 1.29 is 13.9 Å². The number of furan rings is 1. The zero-order valence-electron chi connectivity index (χ0n) is 21.7. The van der Waals surface area contributed by atoms with Crippen molar-refractivity contribution in [2.45, 2.75) is 12.3 Å². The Morgan fingerprint density at radius 2 is 1.55 bits per heavy atom. The predicted octanol–water partition coefficient (Wildman–Crippen LogP) is 6.33. The Kier molecular flexibility index (Phi) is 8.87. The highest BCUT2D eigenvalue weighted by molar-refractivity contribution is 5.90. The van der Waals surface area contributed by atoms with Gasteiger partial charge in [-0.3, -0.25) is 4.90 Å². The zero-order chi connectivity index (χ0) is 26.0. The molecule has 1 aromatic heterocycles. The lowest BCUT2D eigenvalue weighted by molar-refractivity contribution is 0.0351. The summed E-state index contributed by atoms with van der Waals surface area (Å²) in [7, 11) is 0. The van der Waals surface area contributed by atoms with Crippen LogP contribution in [0.25, 0.3) is 11.1 Å². The summed E-state index contributed by atoms with van der Waals surface area (Å²) in [6.07, 6.45) is 4.20. The van der Waals surface area contributed by atoms with Crippen LogP contribution in [0.15, 0.2) is 108 Å². The molecule has 1 saturated heterocycles. The summed E-state index contributed by atoms with van der Waals surface area (Å²) in [6, 6.07) is 30.9. The van der Waals surface area contributed by atoms with Crippen LogP contribution < -0.4 is 5.32 Å². The number of ether oxygens (including phenoxy) is 1. The molecule has 1 aliphatic heterocycles. The maximum atomic E-state index is 13.6. The van der Waals surface area contributed by atoms with E-state index in [2.05, 4.69) is 58.7 Å². The molecule has 4 aromatic rings. The van der Waals surface area contributed by atoms with Gasteiger partial charge in [-0.25, -0.2) is 4.79 Å². The lowest BCUT2D eigenvalue weighted by atomic mass is 9.88. The Morgan fingerprint density at radius 3 is 2.21 bits per heavy atom. The van der Waals surface area contributed by atoms with Gasteiger partial charge in [0.15, 0.2) is 0 Å². The van der Waals surface area contributed by atoms with Gasteiger partial charge in [-0.15, -0.1) is 0 Å². The molecular formula is C32H35N3O3. The fourth-order valence-electron chi connectivity index (χ4n) is 4.99. The number of amides is 2. The Hall–Kier alpha value is -3.87. The number of nitrogens with zero attached hydrogens (tertiary/aromatic N) is 2. The number of morpholine rings is 1. The maximum Gasteiger partial charge on any atom is 0.321 e. The number of hydrogen-bond donors (Lipinski definition) is 1. The van der Waals surface area contributed by atoms with Gasteiger partial charge in [0.05, 0.1) is 25.7 Å². The number of carbonyl (C=O) groups is 1. The monoisotopic (exact) mass is 509 g/mol. The van der Waals surface area contributed by atoms with Crippen LogP contribution >= 0.6 is 0 Å². The van der Waals surface area contributed by atoms with Crippen molar-refractivity contribution in [2.75, 3.05) is 51.3 Å². The zero-order valence-corrected chi connectivity index (χ0v) is 21.7. The molecule has 5 rings (SSSR count). The average molecular weight is 510 g/mol. The Balaban J connectivity index is 1.32. The van der Waals surface area contributed by atoms with Crippen molar-refractivity contribution in [3.63, 3.8) is 0 Å². The first-order valence-corrected chi connectivity index (χ1v) is 13.3. The van der Waals surface area contributed by atoms with Gasteiger partial charge in [-0.2, -0.15) is 0 Å². The normalized spacial score (nSPS) is 13.9. The molecule has 196 valence electrons. The lowest BCUT2D eigenvalue weighted by Crippen LogP contribution is -2.44. The summed E-state index contributed by atoms with van der Waals surface area (Å²) in [6.45, 7) is 5.43. The summed E-state index contributed by atoms with van der Waals surface area (Å²) in [5, 5.41) is 3.15. The third kappa shape index (κ3) is 6.91. The minimum absolute atomic E-state index is 0.0810. The molecule has 1 N–H and O–H groups in total. The molecule has 0 spiro atoms. The lowest BCUT2D eigenvalue weighted by Gasteiger charge is -2.31. The Bertz CT molecular complexity index is 1220. The fourth-order valence-corrected chi connectivity index (χ4v) is 4.99. The second-order valence-corrected chi connectivity index (χ2v) is 9.63. The third-order valence-electron chi connectivity index (χ3n) is 7.14. The smallest absolute Gasteiger partial charge is 0.321 e. The van der Waals surface area contributed by atoms with E-state index in [9.17, 15) is 4.79 Å². The summed E-state index contributed by atoms with van der Waals surface area (Å²) < 4.78 is 10.7. The van der Waals surface area contributed by atoms with Gasteiger partial charge in [-0.1, -0.05) is 72.8 Å². The van der Waals surface area contributed by atoms with Gasteiger partial charge in [-0.05, 0) is 41.3 Å². The van der Waals surface area contributed by atoms with E-state index in [0.29, 0.717) is 13.1 Å². The minimum Gasteiger partial charge on any atom is -0.472 e. The van der Waals surface area contributed by atoms with Crippen LogP contribution in [0.4, 0.5) is 10.5 Å². The van der Waals surface area contributed by atoms with Gasteiger partial charge in [0.1, 0.15) is 0 Å². The van der Waals surface area contributed by atoms with E-state index in [1.807, 2.05) is 47.4 Å². The van der Waals surface area contributed by atoms with Crippen LogP contribution in [0, 0.1) is 0 Å². The van der Waals surface area contributed by atoms with Gasteiger partial charge in [0.25, 0.3) is 0 Å². The summed E-state index contributed by atoms with van der Waals surface area (Å²) in [5.41, 5.74) is 5.29. The van der Waals surface area contributed by atoms with Crippen LogP contribution in [0.2, 0.25) is 0 Å². The van der Waals surface area contributed by atoms with Crippen molar-refractivity contribution in [2.24, 2.45) is 0 Å². The minimum atomic E-state index is -0.0810. The molecule has 1 fully saturated rings. The molecule has 0 atom stereocenters. The van der Waals surface area contributed by atoms with E-state index in [1.165, 1.54) is 11.1 Å². The number of carbonyl (C=O) groups excluding carboxylic acids is 1. The number of hydrogen-bond acceptors (Lipinski definition) is 4. The largest absolute Gasteiger partial charge is 0.472 e. The second-order valence-electron chi connectivity index (χ2n) is 9.63. The predicted molar refractivity (Wildman–Crippen MR) is 151 cm³/mol. The number of benzene rings is 3. The molecule has 38 heavy (non-hydrogen) atoms. The van der Waals surface area contributed by atoms with Crippen molar-refractivity contribution >= 4 is 11.7 Å². The number of rotatable bonds is 10. The van der Waals surface area contributed by atoms with Crippen molar-refractivity contribution in [1.29, 1.82) is 0 Å². The quantitative estimate of drug-likeness (QED) is 0.271. The van der Waals surface area contributed by atoms with E-state index in [0.717, 1.165) is 56.1 Å². The van der Waals surface area contributed by atoms with Crippen LogP contribution in [0.3, 0.4) is 0 Å². The average Bonchev–Trinajstić information content (AvgIpc) is 3.52. The number of anilines is 1. The molecule has 2 heterocycles. The molecule has 0 unspecified atom stereocenters. The van der Waals surface area contributed by atoms with Crippen LogP contribution in [-0.4, -0.2) is 61.8 Å². The Morgan fingerprint density at radius 1 is 0.842 bits per heavy atom. The second kappa shape index (κ2) is 13.1. The van der Waals surface area contributed by atoms with Gasteiger partial charge < -0.3 is 19.4 Å². The fraction of sp³-hybridized carbons (Fsp3) is 0.281. The highest BCUT2D eigenvalue weighted by Crippen LogP contribution is 2.28. The summed E-state index contributed by atoms with van der Waals surface area (Å²) in [4.78, 5) is 17.9. The molecule has 1 aliphatic rings. The molecule has 0 radical (unpaired) electrons. The van der Waals surface area contributed by atoms with Crippen molar-refractivity contribution in [1.82, 2.24) is 9.80 Å².